The van der Waals surface area contributed by atoms with E-state index in [1.165, 1.54) is 69.4 Å². The minimum absolute atomic E-state index is 0.667. The molecule has 1 aliphatic heterocycles. The standard InChI is InChI=1S/C20H32N2/c1-3-17-12-19(21-13-18-6-4-5-7-18)15-22(14-17)20-10-8-16(2)9-11-20/h8-11,17-19,21H,3-7,12-15H2,1-2H3. The van der Waals surface area contributed by atoms with E-state index in [0.717, 1.165) is 11.8 Å². The number of hydrogen-bond donors (Lipinski definition) is 1. The highest BCUT2D eigenvalue weighted by molar-refractivity contribution is 5.48. The normalized spacial score (nSPS) is 26.5. The van der Waals surface area contributed by atoms with Crippen LogP contribution in [0.2, 0.25) is 0 Å². The fourth-order valence-electron chi connectivity index (χ4n) is 4.16. The fourth-order valence-corrected chi connectivity index (χ4v) is 4.16. The molecule has 2 unspecified atom stereocenters. The molecule has 0 amide bonds. The highest BCUT2D eigenvalue weighted by Gasteiger charge is 2.27. The van der Waals surface area contributed by atoms with Crippen molar-refractivity contribution in [3.63, 3.8) is 0 Å². The summed E-state index contributed by atoms with van der Waals surface area (Å²) in [6.07, 6.45) is 8.43. The number of nitrogens with zero attached hydrogens (tertiary/aromatic N) is 1. The van der Waals surface area contributed by atoms with Crippen LogP contribution in [0.15, 0.2) is 24.3 Å². The maximum atomic E-state index is 3.90. The van der Waals surface area contributed by atoms with Crippen molar-refractivity contribution >= 4 is 5.69 Å². The molecule has 1 aromatic carbocycles. The minimum atomic E-state index is 0.667. The van der Waals surface area contributed by atoms with E-state index in [0.29, 0.717) is 6.04 Å². The number of rotatable bonds is 5. The van der Waals surface area contributed by atoms with Crippen molar-refractivity contribution in [1.82, 2.24) is 5.32 Å². The molecule has 2 heteroatoms. The summed E-state index contributed by atoms with van der Waals surface area (Å²) in [6.45, 7) is 8.15. The van der Waals surface area contributed by atoms with Gasteiger partial charge in [0.2, 0.25) is 0 Å². The smallest absolute Gasteiger partial charge is 0.0367 e. The summed E-state index contributed by atoms with van der Waals surface area (Å²) in [5.74, 6) is 1.77. The Bertz CT molecular complexity index is 447. The molecule has 0 spiro atoms. The van der Waals surface area contributed by atoms with Gasteiger partial charge in [0.15, 0.2) is 0 Å². The van der Waals surface area contributed by atoms with Gasteiger partial charge in [-0.3, -0.25) is 0 Å². The first kappa shape index (κ1) is 15.9. The van der Waals surface area contributed by atoms with Crippen LogP contribution in [-0.4, -0.2) is 25.7 Å². The summed E-state index contributed by atoms with van der Waals surface area (Å²) in [5, 5.41) is 3.90. The molecule has 0 radical (unpaired) electrons. The summed E-state index contributed by atoms with van der Waals surface area (Å²) in [6, 6.07) is 9.74. The maximum absolute atomic E-state index is 3.90. The molecule has 0 bridgehead atoms. The molecule has 0 aromatic heterocycles. The predicted molar refractivity (Wildman–Crippen MR) is 95.5 cm³/mol. The molecule has 2 aliphatic rings. The zero-order valence-electron chi connectivity index (χ0n) is 14.4. The third-order valence-electron chi connectivity index (χ3n) is 5.68. The fraction of sp³-hybridized carbons (Fsp3) is 0.700. The van der Waals surface area contributed by atoms with Gasteiger partial charge in [0.1, 0.15) is 0 Å². The Morgan fingerprint density at radius 3 is 2.45 bits per heavy atom. The van der Waals surface area contributed by atoms with Crippen LogP contribution in [-0.2, 0) is 0 Å². The molecule has 3 rings (SSSR count). The van der Waals surface area contributed by atoms with Crippen LogP contribution in [0.4, 0.5) is 5.69 Å². The van der Waals surface area contributed by atoms with Gasteiger partial charge in [0, 0.05) is 24.8 Å². The third-order valence-corrected chi connectivity index (χ3v) is 5.68. The Labute approximate surface area is 136 Å². The first-order valence-electron chi connectivity index (χ1n) is 9.29. The summed E-state index contributed by atoms with van der Waals surface area (Å²) in [4.78, 5) is 2.60. The van der Waals surface area contributed by atoms with Crippen molar-refractivity contribution < 1.29 is 0 Å². The van der Waals surface area contributed by atoms with Gasteiger partial charge in [-0.25, -0.2) is 0 Å². The molecule has 1 N–H and O–H groups in total. The van der Waals surface area contributed by atoms with E-state index < -0.39 is 0 Å². The monoisotopic (exact) mass is 300 g/mol. The molecule has 2 atom stereocenters. The van der Waals surface area contributed by atoms with Crippen LogP contribution in [0.3, 0.4) is 0 Å². The third kappa shape index (κ3) is 4.04. The Morgan fingerprint density at radius 2 is 1.77 bits per heavy atom. The quantitative estimate of drug-likeness (QED) is 0.868. The maximum Gasteiger partial charge on any atom is 0.0367 e. The van der Waals surface area contributed by atoms with Crippen LogP contribution < -0.4 is 10.2 Å². The average molecular weight is 300 g/mol. The predicted octanol–water partition coefficient (Wildman–Crippen LogP) is 4.38. The topological polar surface area (TPSA) is 15.3 Å². The van der Waals surface area contributed by atoms with E-state index in [1.54, 1.807) is 0 Å². The van der Waals surface area contributed by atoms with Gasteiger partial charge < -0.3 is 10.2 Å². The van der Waals surface area contributed by atoms with Crippen LogP contribution in [0.5, 0.6) is 0 Å². The van der Waals surface area contributed by atoms with E-state index in [9.17, 15) is 0 Å². The second-order valence-corrected chi connectivity index (χ2v) is 7.51. The number of nitrogens with one attached hydrogen (secondary N) is 1. The van der Waals surface area contributed by atoms with Gasteiger partial charge in [-0.15, -0.1) is 0 Å². The minimum Gasteiger partial charge on any atom is -0.370 e. The summed E-state index contributed by atoms with van der Waals surface area (Å²) in [7, 11) is 0. The lowest BCUT2D eigenvalue weighted by Gasteiger charge is -2.40. The summed E-state index contributed by atoms with van der Waals surface area (Å²) in [5.41, 5.74) is 2.75. The number of hydrogen-bond acceptors (Lipinski definition) is 2. The molecule has 1 aromatic rings. The lowest BCUT2D eigenvalue weighted by Crippen LogP contribution is -2.50. The van der Waals surface area contributed by atoms with Gasteiger partial charge in [0.05, 0.1) is 0 Å². The zero-order chi connectivity index (χ0) is 15.4. The Kier molecular flexibility index (Phi) is 5.41. The van der Waals surface area contributed by atoms with Crippen molar-refractivity contribution in [3.8, 4) is 0 Å². The summed E-state index contributed by atoms with van der Waals surface area (Å²) >= 11 is 0. The largest absolute Gasteiger partial charge is 0.370 e. The van der Waals surface area contributed by atoms with Crippen LogP contribution >= 0.6 is 0 Å². The van der Waals surface area contributed by atoms with E-state index in [-0.39, 0.29) is 0 Å². The number of aryl methyl sites for hydroxylation is 1. The van der Waals surface area contributed by atoms with E-state index >= 15 is 0 Å². The average Bonchev–Trinajstić information content (AvgIpc) is 3.07. The molecule has 1 saturated carbocycles. The van der Waals surface area contributed by atoms with Gasteiger partial charge in [0.25, 0.3) is 0 Å². The second-order valence-electron chi connectivity index (χ2n) is 7.51. The first-order chi connectivity index (χ1) is 10.7. The summed E-state index contributed by atoms with van der Waals surface area (Å²) < 4.78 is 0. The van der Waals surface area contributed by atoms with Crippen molar-refractivity contribution in [2.45, 2.75) is 58.4 Å². The van der Waals surface area contributed by atoms with Gasteiger partial charge in [-0.05, 0) is 56.7 Å². The molecular formula is C20H32N2. The van der Waals surface area contributed by atoms with Gasteiger partial charge in [-0.1, -0.05) is 43.9 Å². The molecule has 22 heavy (non-hydrogen) atoms. The highest BCUT2D eigenvalue weighted by atomic mass is 15.2. The van der Waals surface area contributed by atoms with E-state index in [1.807, 2.05) is 0 Å². The molecule has 1 saturated heterocycles. The van der Waals surface area contributed by atoms with E-state index in [2.05, 4.69) is 48.3 Å². The van der Waals surface area contributed by atoms with Gasteiger partial charge in [-0.2, -0.15) is 0 Å². The van der Waals surface area contributed by atoms with Crippen molar-refractivity contribution in [2.24, 2.45) is 11.8 Å². The SMILES string of the molecule is CCC1CC(NCC2CCCC2)CN(c2ccc(C)cc2)C1. The molecule has 2 nitrogen and oxygen atoms in total. The number of piperidine rings is 1. The van der Waals surface area contributed by atoms with Crippen molar-refractivity contribution in [2.75, 3.05) is 24.5 Å². The van der Waals surface area contributed by atoms with Crippen LogP contribution in [0, 0.1) is 18.8 Å². The number of anilines is 1. The van der Waals surface area contributed by atoms with Crippen molar-refractivity contribution in [3.05, 3.63) is 29.8 Å². The lowest BCUT2D eigenvalue weighted by atomic mass is 9.91. The second kappa shape index (κ2) is 7.50. The number of benzene rings is 1. The first-order valence-corrected chi connectivity index (χ1v) is 9.29. The lowest BCUT2D eigenvalue weighted by molar-refractivity contribution is 0.312. The van der Waals surface area contributed by atoms with Crippen LogP contribution in [0.25, 0.3) is 0 Å². The zero-order valence-corrected chi connectivity index (χ0v) is 14.4. The Morgan fingerprint density at radius 1 is 1.05 bits per heavy atom. The molecular weight excluding hydrogens is 268 g/mol. The van der Waals surface area contributed by atoms with Crippen LogP contribution in [0.1, 0.15) is 51.0 Å². The molecule has 2 fully saturated rings. The highest BCUT2D eigenvalue weighted by Crippen LogP contribution is 2.27. The Hall–Kier alpha value is -1.02. The molecule has 122 valence electrons. The molecule has 1 heterocycles. The van der Waals surface area contributed by atoms with Gasteiger partial charge >= 0.3 is 0 Å². The van der Waals surface area contributed by atoms with E-state index in [4.69, 9.17) is 0 Å². The van der Waals surface area contributed by atoms with Crippen molar-refractivity contribution in [1.29, 1.82) is 0 Å². The molecule has 1 aliphatic carbocycles. The Balaban J connectivity index is 1.60.